The number of imidazole rings is 1. The molecular weight excluding hydrogens is 204 g/mol. The molecule has 0 aliphatic carbocycles. The van der Waals surface area contributed by atoms with Crippen molar-refractivity contribution in [2.24, 2.45) is 18.7 Å². The van der Waals surface area contributed by atoms with Crippen LogP contribution in [0.1, 0.15) is 23.8 Å². The number of aromatic nitrogens is 2. The lowest BCUT2D eigenvalue weighted by Crippen LogP contribution is -2.34. The summed E-state index contributed by atoms with van der Waals surface area (Å²) in [7, 11) is 1.86. The zero-order valence-corrected chi connectivity index (χ0v) is 9.76. The number of nitrogens with zero attached hydrogens (tertiary/aromatic N) is 3. The first-order chi connectivity index (χ1) is 7.61. The van der Waals surface area contributed by atoms with E-state index in [0.29, 0.717) is 18.2 Å². The minimum Gasteiger partial charge on any atom is -0.340 e. The second-order valence-corrected chi connectivity index (χ2v) is 4.57. The molecule has 2 heterocycles. The highest BCUT2D eigenvalue weighted by Crippen LogP contribution is 2.23. The number of aryl methyl sites for hydroxylation is 1. The van der Waals surface area contributed by atoms with Gasteiger partial charge in [0.2, 0.25) is 0 Å². The van der Waals surface area contributed by atoms with Gasteiger partial charge in [0.25, 0.3) is 5.91 Å². The summed E-state index contributed by atoms with van der Waals surface area (Å²) in [5.74, 6) is 0.451. The minimum atomic E-state index is 0.0176. The van der Waals surface area contributed by atoms with E-state index in [1.54, 1.807) is 17.1 Å². The number of hydrogen-bond donors (Lipinski definition) is 1. The van der Waals surface area contributed by atoms with Gasteiger partial charge >= 0.3 is 0 Å². The number of rotatable bonds is 2. The Kier molecular flexibility index (Phi) is 2.96. The van der Waals surface area contributed by atoms with Crippen molar-refractivity contribution in [3.05, 3.63) is 18.2 Å². The van der Waals surface area contributed by atoms with Crippen molar-refractivity contribution in [3.63, 3.8) is 0 Å². The fraction of sp³-hybridized carbons (Fsp3) is 0.636. The molecule has 1 saturated heterocycles. The highest BCUT2D eigenvalue weighted by molar-refractivity contribution is 5.92. The van der Waals surface area contributed by atoms with E-state index < -0.39 is 0 Å². The third-order valence-electron chi connectivity index (χ3n) is 3.18. The fourth-order valence-electron chi connectivity index (χ4n) is 2.27. The summed E-state index contributed by atoms with van der Waals surface area (Å²) in [6, 6.07) is 0.267. The van der Waals surface area contributed by atoms with Gasteiger partial charge < -0.3 is 15.2 Å². The molecule has 1 aromatic rings. The van der Waals surface area contributed by atoms with E-state index in [1.807, 2.05) is 11.9 Å². The average molecular weight is 222 g/mol. The van der Waals surface area contributed by atoms with Crippen molar-refractivity contribution in [1.82, 2.24) is 14.5 Å². The molecule has 0 radical (unpaired) electrons. The summed E-state index contributed by atoms with van der Waals surface area (Å²) < 4.78 is 1.79. The molecule has 0 spiro atoms. The molecular formula is C11H18N4O. The van der Waals surface area contributed by atoms with Crippen molar-refractivity contribution in [1.29, 1.82) is 0 Å². The van der Waals surface area contributed by atoms with Gasteiger partial charge in [-0.25, -0.2) is 4.98 Å². The van der Waals surface area contributed by atoms with Gasteiger partial charge in [-0.15, -0.1) is 0 Å². The molecule has 2 rings (SSSR count). The van der Waals surface area contributed by atoms with Crippen LogP contribution in [-0.2, 0) is 7.05 Å². The van der Waals surface area contributed by atoms with Crippen molar-refractivity contribution in [2.75, 3.05) is 13.1 Å². The Morgan fingerprint density at radius 2 is 2.44 bits per heavy atom. The molecule has 0 bridgehead atoms. The van der Waals surface area contributed by atoms with E-state index in [4.69, 9.17) is 5.73 Å². The van der Waals surface area contributed by atoms with E-state index in [1.165, 1.54) is 0 Å². The average Bonchev–Trinajstić information content (AvgIpc) is 2.83. The number of amides is 1. The molecule has 2 unspecified atom stereocenters. The van der Waals surface area contributed by atoms with Crippen LogP contribution >= 0.6 is 0 Å². The van der Waals surface area contributed by atoms with Crippen molar-refractivity contribution in [2.45, 2.75) is 19.4 Å². The maximum Gasteiger partial charge on any atom is 0.274 e. The number of nitrogens with two attached hydrogens (primary N) is 1. The van der Waals surface area contributed by atoms with Crippen LogP contribution in [0.25, 0.3) is 0 Å². The van der Waals surface area contributed by atoms with Gasteiger partial charge in [0, 0.05) is 25.8 Å². The molecule has 0 aromatic carbocycles. The van der Waals surface area contributed by atoms with Crippen LogP contribution in [-0.4, -0.2) is 39.5 Å². The molecule has 1 aliphatic rings. The van der Waals surface area contributed by atoms with E-state index in [9.17, 15) is 4.79 Å². The van der Waals surface area contributed by atoms with Crippen LogP contribution in [0.2, 0.25) is 0 Å². The lowest BCUT2D eigenvalue weighted by Gasteiger charge is -2.20. The first-order valence-electron chi connectivity index (χ1n) is 5.60. The first-order valence-corrected chi connectivity index (χ1v) is 5.60. The molecule has 1 aromatic heterocycles. The highest BCUT2D eigenvalue weighted by atomic mass is 16.2. The summed E-state index contributed by atoms with van der Waals surface area (Å²) >= 11 is 0. The second-order valence-electron chi connectivity index (χ2n) is 4.57. The smallest absolute Gasteiger partial charge is 0.274 e. The van der Waals surface area contributed by atoms with Crippen LogP contribution in [0, 0.1) is 5.92 Å². The maximum atomic E-state index is 12.1. The quantitative estimate of drug-likeness (QED) is 0.779. The third-order valence-corrected chi connectivity index (χ3v) is 3.18. The highest BCUT2D eigenvalue weighted by Gasteiger charge is 2.32. The van der Waals surface area contributed by atoms with Crippen LogP contribution in [0.5, 0.6) is 0 Å². The standard InChI is InChI=1S/C11H18N4O/c1-8-3-9(4-12)5-15(8)11(16)10-6-14(2)7-13-10/h6-9H,3-5,12H2,1-2H3. The molecule has 1 amide bonds. The summed E-state index contributed by atoms with van der Waals surface area (Å²) in [4.78, 5) is 18.1. The Morgan fingerprint density at radius 1 is 1.69 bits per heavy atom. The summed E-state index contributed by atoms with van der Waals surface area (Å²) in [6.07, 6.45) is 4.40. The monoisotopic (exact) mass is 222 g/mol. The summed E-state index contributed by atoms with van der Waals surface area (Å²) in [5.41, 5.74) is 6.16. The van der Waals surface area contributed by atoms with E-state index in [0.717, 1.165) is 13.0 Å². The van der Waals surface area contributed by atoms with Gasteiger partial charge in [-0.1, -0.05) is 0 Å². The maximum absolute atomic E-state index is 12.1. The Morgan fingerprint density at radius 3 is 2.94 bits per heavy atom. The van der Waals surface area contributed by atoms with Crippen molar-refractivity contribution in [3.8, 4) is 0 Å². The number of hydrogen-bond acceptors (Lipinski definition) is 3. The van der Waals surface area contributed by atoms with Crippen LogP contribution in [0.4, 0.5) is 0 Å². The fourth-order valence-corrected chi connectivity index (χ4v) is 2.27. The zero-order chi connectivity index (χ0) is 11.7. The molecule has 1 aliphatic heterocycles. The lowest BCUT2D eigenvalue weighted by atomic mass is 10.1. The van der Waals surface area contributed by atoms with E-state index >= 15 is 0 Å². The first kappa shape index (κ1) is 11.1. The van der Waals surface area contributed by atoms with Crippen molar-refractivity contribution < 1.29 is 4.79 Å². The summed E-state index contributed by atoms with van der Waals surface area (Å²) in [5, 5.41) is 0. The van der Waals surface area contributed by atoms with Gasteiger partial charge in [0.15, 0.2) is 0 Å². The SMILES string of the molecule is CC1CC(CN)CN1C(=O)c1cn(C)cn1. The van der Waals surface area contributed by atoms with E-state index in [-0.39, 0.29) is 11.9 Å². The topological polar surface area (TPSA) is 64.2 Å². The van der Waals surface area contributed by atoms with Gasteiger partial charge in [0.1, 0.15) is 5.69 Å². The third kappa shape index (κ3) is 1.95. The Labute approximate surface area is 95.2 Å². The minimum absolute atomic E-state index is 0.0176. The number of carbonyl (C=O) groups excluding carboxylic acids is 1. The molecule has 5 nitrogen and oxygen atoms in total. The largest absolute Gasteiger partial charge is 0.340 e. The molecule has 0 saturated carbocycles. The predicted octanol–water partition coefficient (Wildman–Crippen LogP) is 0.229. The Hall–Kier alpha value is -1.36. The summed E-state index contributed by atoms with van der Waals surface area (Å²) in [6.45, 7) is 3.47. The van der Waals surface area contributed by atoms with Gasteiger partial charge in [0.05, 0.1) is 6.33 Å². The van der Waals surface area contributed by atoms with Gasteiger partial charge in [-0.3, -0.25) is 4.79 Å². The number of carbonyl (C=O) groups is 1. The van der Waals surface area contributed by atoms with Gasteiger partial charge in [-0.05, 0) is 25.8 Å². The molecule has 1 fully saturated rings. The van der Waals surface area contributed by atoms with Crippen LogP contribution in [0.15, 0.2) is 12.5 Å². The molecule has 2 N–H and O–H groups in total. The molecule has 16 heavy (non-hydrogen) atoms. The van der Waals surface area contributed by atoms with Crippen molar-refractivity contribution >= 4 is 5.91 Å². The van der Waals surface area contributed by atoms with E-state index in [2.05, 4.69) is 11.9 Å². The van der Waals surface area contributed by atoms with Gasteiger partial charge in [-0.2, -0.15) is 0 Å². The normalized spacial score (nSPS) is 25.1. The zero-order valence-electron chi connectivity index (χ0n) is 9.76. The lowest BCUT2D eigenvalue weighted by molar-refractivity contribution is 0.0738. The molecule has 88 valence electrons. The van der Waals surface area contributed by atoms with Crippen LogP contribution < -0.4 is 5.73 Å². The Balaban J connectivity index is 2.11. The molecule has 5 heteroatoms. The van der Waals surface area contributed by atoms with Crippen LogP contribution in [0.3, 0.4) is 0 Å². The number of likely N-dealkylation sites (tertiary alicyclic amines) is 1. The predicted molar refractivity (Wildman–Crippen MR) is 60.9 cm³/mol. The second kappa shape index (κ2) is 4.25. The molecule has 2 atom stereocenters. The Bertz CT molecular complexity index is 387.